The Labute approximate surface area is 179 Å². The monoisotopic (exact) mass is 433 g/mol. The summed E-state index contributed by atoms with van der Waals surface area (Å²) in [6.07, 6.45) is 0. The first-order valence-electron chi connectivity index (χ1n) is 9.77. The van der Waals surface area contributed by atoms with Crippen LogP contribution in [0.5, 0.6) is 5.88 Å². The number of aromatic nitrogens is 1. The lowest BCUT2D eigenvalue weighted by Gasteiger charge is -2.26. The average Bonchev–Trinajstić information content (AvgIpc) is 3.10. The van der Waals surface area contributed by atoms with Crippen LogP contribution in [0.15, 0.2) is 18.2 Å². The summed E-state index contributed by atoms with van der Waals surface area (Å²) in [5, 5.41) is 5.69. The summed E-state index contributed by atoms with van der Waals surface area (Å²) in [5.74, 6) is -0.584. The fourth-order valence-corrected chi connectivity index (χ4v) is 3.87. The summed E-state index contributed by atoms with van der Waals surface area (Å²) >= 11 is 0.961. The zero-order chi connectivity index (χ0) is 21.5. The first kappa shape index (κ1) is 22.0. The van der Waals surface area contributed by atoms with Crippen LogP contribution in [0.1, 0.15) is 27.0 Å². The van der Waals surface area contributed by atoms with Crippen LogP contribution in [0.2, 0.25) is 0 Å². The molecule has 4 N–H and O–H groups in total. The number of nitrogens with zero attached hydrogens (tertiary/aromatic N) is 2. The first-order valence-corrected chi connectivity index (χ1v) is 10.5. The van der Waals surface area contributed by atoms with Gasteiger partial charge < -0.3 is 20.5 Å². The van der Waals surface area contributed by atoms with Crippen molar-refractivity contribution in [3.8, 4) is 5.88 Å². The van der Waals surface area contributed by atoms with Gasteiger partial charge in [-0.2, -0.15) is 4.37 Å². The van der Waals surface area contributed by atoms with E-state index in [1.54, 1.807) is 0 Å². The van der Waals surface area contributed by atoms with Gasteiger partial charge in [0.05, 0.1) is 13.2 Å². The van der Waals surface area contributed by atoms with Gasteiger partial charge in [0.15, 0.2) is 0 Å². The van der Waals surface area contributed by atoms with E-state index in [1.807, 2.05) is 26.0 Å². The number of hydrogen-bond acceptors (Lipinski definition) is 7. The molecule has 0 bridgehead atoms. The summed E-state index contributed by atoms with van der Waals surface area (Å²) < 4.78 is 15.2. The van der Waals surface area contributed by atoms with Crippen molar-refractivity contribution in [3.05, 3.63) is 40.5 Å². The van der Waals surface area contributed by atoms with Crippen LogP contribution in [0.3, 0.4) is 0 Å². The third-order valence-electron chi connectivity index (χ3n) is 4.81. The Hall–Kier alpha value is -2.69. The molecule has 0 atom stereocenters. The summed E-state index contributed by atoms with van der Waals surface area (Å²) in [6.45, 7) is 8.60. The Bertz CT molecular complexity index is 895. The van der Waals surface area contributed by atoms with E-state index in [9.17, 15) is 9.59 Å². The van der Waals surface area contributed by atoms with Gasteiger partial charge in [0.1, 0.15) is 17.2 Å². The molecule has 162 valence electrons. The van der Waals surface area contributed by atoms with Crippen molar-refractivity contribution < 1.29 is 19.1 Å². The van der Waals surface area contributed by atoms with E-state index in [2.05, 4.69) is 26.0 Å². The molecule has 10 heteroatoms. The molecule has 2 aromatic rings. The minimum atomic E-state index is -0.706. The molecule has 1 aliphatic heterocycles. The van der Waals surface area contributed by atoms with Crippen molar-refractivity contribution in [1.82, 2.24) is 14.6 Å². The molecule has 0 saturated carbocycles. The Kier molecular flexibility index (Phi) is 7.61. The van der Waals surface area contributed by atoms with Crippen molar-refractivity contribution in [3.63, 3.8) is 0 Å². The molecule has 9 nitrogen and oxygen atoms in total. The van der Waals surface area contributed by atoms with Crippen LogP contribution in [-0.2, 0) is 11.3 Å². The lowest BCUT2D eigenvalue weighted by molar-refractivity contribution is 0.0388. The van der Waals surface area contributed by atoms with E-state index in [-0.39, 0.29) is 23.1 Å². The fourth-order valence-electron chi connectivity index (χ4n) is 3.13. The number of amides is 3. The highest BCUT2D eigenvalue weighted by Crippen LogP contribution is 2.31. The molecule has 30 heavy (non-hydrogen) atoms. The highest BCUT2D eigenvalue weighted by atomic mass is 32.1. The molecular weight excluding hydrogens is 406 g/mol. The maximum atomic E-state index is 12.2. The average molecular weight is 434 g/mol. The number of urea groups is 1. The maximum Gasteiger partial charge on any atom is 0.319 e. The van der Waals surface area contributed by atoms with E-state index in [0.717, 1.165) is 47.9 Å². The number of aryl methyl sites for hydroxylation is 2. The smallest absolute Gasteiger partial charge is 0.319 e. The van der Waals surface area contributed by atoms with E-state index >= 15 is 0 Å². The number of nitrogens with two attached hydrogens (primary N) is 1. The van der Waals surface area contributed by atoms with Gasteiger partial charge in [-0.1, -0.05) is 23.8 Å². The number of rotatable bonds is 8. The van der Waals surface area contributed by atoms with E-state index < -0.39 is 11.9 Å². The van der Waals surface area contributed by atoms with Crippen molar-refractivity contribution in [1.29, 1.82) is 0 Å². The number of nitrogens with one attached hydrogen (secondary N) is 2. The van der Waals surface area contributed by atoms with Crippen LogP contribution < -0.4 is 21.1 Å². The molecule has 0 unspecified atom stereocenters. The standard InChI is InChI=1S/C20H27N5O4S/c1-13-3-4-15(14(2)11-13)12-29-18-16(17(21)26)19(30-24-18)23-20(27)22-5-6-25-7-9-28-10-8-25/h3-4,11H,5-10,12H2,1-2H3,(H2,21,26)(H2,22,23,27). The second-order valence-electron chi connectivity index (χ2n) is 7.11. The number of primary amides is 1. The zero-order valence-corrected chi connectivity index (χ0v) is 18.0. The van der Waals surface area contributed by atoms with Gasteiger partial charge in [-0.25, -0.2) is 4.79 Å². The van der Waals surface area contributed by atoms with Gasteiger partial charge in [0.25, 0.3) is 5.91 Å². The van der Waals surface area contributed by atoms with E-state index in [0.29, 0.717) is 19.8 Å². The highest BCUT2D eigenvalue weighted by Gasteiger charge is 2.22. The number of morpholine rings is 1. The Morgan fingerprint density at radius 3 is 2.77 bits per heavy atom. The summed E-state index contributed by atoms with van der Waals surface area (Å²) in [5.41, 5.74) is 8.82. The summed E-state index contributed by atoms with van der Waals surface area (Å²) in [6, 6.07) is 5.61. The first-order chi connectivity index (χ1) is 14.4. The molecule has 1 fully saturated rings. The van der Waals surface area contributed by atoms with Crippen LogP contribution >= 0.6 is 11.5 Å². The number of carbonyl (C=O) groups is 2. The van der Waals surface area contributed by atoms with Crippen LogP contribution in [0, 0.1) is 13.8 Å². The number of anilines is 1. The van der Waals surface area contributed by atoms with Gasteiger partial charge in [-0.05, 0) is 36.5 Å². The third-order valence-corrected chi connectivity index (χ3v) is 5.56. The van der Waals surface area contributed by atoms with E-state index in [4.69, 9.17) is 15.2 Å². The van der Waals surface area contributed by atoms with Gasteiger partial charge in [0.2, 0.25) is 5.88 Å². The minimum Gasteiger partial charge on any atom is -0.472 e. The topological polar surface area (TPSA) is 119 Å². The number of ether oxygens (including phenoxy) is 2. The molecule has 0 spiro atoms. The van der Waals surface area contributed by atoms with Crippen LogP contribution in [0.4, 0.5) is 9.80 Å². The fraction of sp³-hybridized carbons (Fsp3) is 0.450. The summed E-state index contributed by atoms with van der Waals surface area (Å²) in [7, 11) is 0. The summed E-state index contributed by atoms with van der Waals surface area (Å²) in [4.78, 5) is 26.4. The molecule has 1 aliphatic rings. The van der Waals surface area contributed by atoms with E-state index in [1.165, 1.54) is 0 Å². The van der Waals surface area contributed by atoms with Crippen LogP contribution in [0.25, 0.3) is 0 Å². The zero-order valence-electron chi connectivity index (χ0n) is 17.2. The van der Waals surface area contributed by atoms with Crippen molar-refractivity contribution in [2.45, 2.75) is 20.5 Å². The van der Waals surface area contributed by atoms with Gasteiger partial charge in [-0.3, -0.25) is 15.0 Å². The molecule has 1 aromatic heterocycles. The predicted octanol–water partition coefficient (Wildman–Crippen LogP) is 1.89. The molecule has 0 radical (unpaired) electrons. The minimum absolute atomic E-state index is 0.0769. The molecule has 0 aliphatic carbocycles. The molecule has 1 saturated heterocycles. The Morgan fingerprint density at radius 1 is 1.30 bits per heavy atom. The second kappa shape index (κ2) is 10.4. The Morgan fingerprint density at radius 2 is 2.07 bits per heavy atom. The quantitative estimate of drug-likeness (QED) is 0.585. The molecular formula is C20H27N5O4S. The number of hydrogen-bond donors (Lipinski definition) is 3. The van der Waals surface area contributed by atoms with Crippen molar-refractivity contribution in [2.24, 2.45) is 5.73 Å². The van der Waals surface area contributed by atoms with Crippen LogP contribution in [-0.4, -0.2) is 60.6 Å². The molecule has 3 amide bonds. The largest absolute Gasteiger partial charge is 0.472 e. The highest BCUT2D eigenvalue weighted by molar-refractivity contribution is 7.11. The maximum absolute atomic E-state index is 12.2. The van der Waals surface area contributed by atoms with Crippen molar-refractivity contribution in [2.75, 3.05) is 44.7 Å². The van der Waals surface area contributed by atoms with Gasteiger partial charge >= 0.3 is 6.03 Å². The van der Waals surface area contributed by atoms with Gasteiger partial charge in [-0.15, -0.1) is 0 Å². The lowest BCUT2D eigenvalue weighted by Crippen LogP contribution is -2.42. The molecule has 1 aromatic carbocycles. The predicted molar refractivity (Wildman–Crippen MR) is 115 cm³/mol. The number of carbonyl (C=O) groups excluding carboxylic acids is 2. The third kappa shape index (κ3) is 5.91. The SMILES string of the molecule is Cc1ccc(COc2nsc(NC(=O)NCCN3CCOCC3)c2C(N)=O)c(C)c1. The van der Waals surface area contributed by atoms with Crippen molar-refractivity contribution >= 4 is 28.5 Å². The number of benzene rings is 1. The molecule has 2 heterocycles. The lowest BCUT2D eigenvalue weighted by atomic mass is 10.1. The normalized spacial score (nSPS) is 14.3. The second-order valence-corrected chi connectivity index (χ2v) is 7.88. The van der Waals surface area contributed by atoms with Gasteiger partial charge in [0, 0.05) is 26.2 Å². The molecule has 3 rings (SSSR count). The Balaban J connectivity index is 1.56.